The maximum atomic E-state index is 5.59. The van der Waals surface area contributed by atoms with Gasteiger partial charge in [0.05, 0.1) is 31.6 Å². The molecule has 8 heteroatoms. The number of methoxy groups -OCH3 is 1. The topological polar surface area (TPSA) is 68.6 Å². The fraction of sp³-hybridized carbons (Fsp3) is 0.0625. The molecule has 0 aliphatic carbocycles. The van der Waals surface area contributed by atoms with Gasteiger partial charge in [-0.05, 0) is 45.8 Å². The van der Waals surface area contributed by atoms with Crippen molar-refractivity contribution in [3.63, 3.8) is 0 Å². The lowest BCUT2D eigenvalue weighted by atomic mass is 10.0. The molecule has 120 valence electrons. The van der Waals surface area contributed by atoms with Crippen molar-refractivity contribution in [3.8, 4) is 28.1 Å². The van der Waals surface area contributed by atoms with Crippen LogP contribution >= 0.6 is 28.4 Å². The second kappa shape index (κ2) is 6.49. The van der Waals surface area contributed by atoms with Gasteiger partial charge in [-0.3, -0.25) is 0 Å². The predicted octanol–water partition coefficient (Wildman–Crippen LogP) is 4.29. The van der Waals surface area contributed by atoms with Crippen LogP contribution in [0.4, 0.5) is 0 Å². The highest BCUT2D eigenvalue weighted by Crippen LogP contribution is 2.34. The van der Waals surface area contributed by atoms with Crippen molar-refractivity contribution in [2.24, 2.45) is 0 Å². The standard InChI is InChI=1S/C16H13IN5OP/c1-23-15-6-10(11-7-20-22(9-11)24-17)2-3-12(15)14-8-19-16-13(21-14)4-5-18-16/h2-9,24H,1H3,(H,18,19). The number of aromatic nitrogens is 5. The summed E-state index contributed by atoms with van der Waals surface area (Å²) in [5.41, 5.74) is 5.45. The molecule has 3 heterocycles. The van der Waals surface area contributed by atoms with Crippen LogP contribution in [0.25, 0.3) is 33.5 Å². The number of rotatable bonds is 4. The first-order valence-corrected chi connectivity index (χ1v) is 11.2. The second-order valence-corrected chi connectivity index (χ2v) is 7.21. The molecule has 3 aromatic heterocycles. The van der Waals surface area contributed by atoms with Crippen LogP contribution in [0.2, 0.25) is 0 Å². The minimum atomic E-state index is 0.585. The van der Waals surface area contributed by atoms with Crippen molar-refractivity contribution in [1.82, 2.24) is 24.5 Å². The van der Waals surface area contributed by atoms with Crippen molar-refractivity contribution in [1.29, 1.82) is 0 Å². The van der Waals surface area contributed by atoms with E-state index in [0.29, 0.717) is 6.37 Å². The summed E-state index contributed by atoms with van der Waals surface area (Å²) in [6.07, 6.45) is 8.07. The Morgan fingerprint density at radius 1 is 1.21 bits per heavy atom. The van der Waals surface area contributed by atoms with Gasteiger partial charge in [-0.1, -0.05) is 6.07 Å². The summed E-state index contributed by atoms with van der Waals surface area (Å²) in [5, 5.41) is 4.33. The van der Waals surface area contributed by atoms with E-state index in [2.05, 4.69) is 48.2 Å². The fourth-order valence-electron chi connectivity index (χ4n) is 2.56. The van der Waals surface area contributed by atoms with Gasteiger partial charge in [0.15, 0.2) is 5.65 Å². The monoisotopic (exact) mass is 449 g/mol. The molecule has 0 radical (unpaired) electrons. The van der Waals surface area contributed by atoms with Crippen molar-refractivity contribution >= 4 is 39.6 Å². The van der Waals surface area contributed by atoms with Crippen molar-refractivity contribution < 1.29 is 4.74 Å². The Morgan fingerprint density at radius 2 is 2.12 bits per heavy atom. The Balaban J connectivity index is 1.78. The molecule has 0 aliphatic heterocycles. The molecule has 1 aromatic carbocycles. The van der Waals surface area contributed by atoms with Gasteiger partial charge in [-0.15, -0.1) is 0 Å². The Labute approximate surface area is 153 Å². The first-order valence-electron chi connectivity index (χ1n) is 7.19. The normalized spacial score (nSPS) is 11.6. The van der Waals surface area contributed by atoms with Crippen molar-refractivity contribution in [2.75, 3.05) is 7.11 Å². The van der Waals surface area contributed by atoms with E-state index in [1.807, 2.05) is 41.2 Å². The highest BCUT2D eigenvalue weighted by atomic mass is 127. The summed E-state index contributed by atoms with van der Waals surface area (Å²) < 4.78 is 7.50. The summed E-state index contributed by atoms with van der Waals surface area (Å²) in [4.78, 5) is 12.1. The van der Waals surface area contributed by atoms with E-state index in [0.717, 1.165) is 39.3 Å². The summed E-state index contributed by atoms with van der Waals surface area (Å²) in [5.74, 6) is 0.765. The maximum Gasteiger partial charge on any atom is 0.156 e. The quantitative estimate of drug-likeness (QED) is 0.373. The van der Waals surface area contributed by atoms with E-state index in [4.69, 9.17) is 4.74 Å². The molecular weight excluding hydrogens is 436 g/mol. The molecule has 0 aliphatic rings. The first-order chi connectivity index (χ1) is 11.8. The van der Waals surface area contributed by atoms with E-state index in [1.54, 1.807) is 13.3 Å². The van der Waals surface area contributed by atoms with Gasteiger partial charge in [0.1, 0.15) is 11.3 Å². The van der Waals surface area contributed by atoms with Gasteiger partial charge in [-0.2, -0.15) is 5.10 Å². The SMILES string of the molecule is COc1cc(-c2cnn(PI)c2)ccc1-c1cnc2[nH]ccc2n1. The molecule has 1 N–H and O–H groups in total. The Bertz CT molecular complexity index is 1010. The van der Waals surface area contributed by atoms with Crippen LogP contribution in [0.3, 0.4) is 0 Å². The van der Waals surface area contributed by atoms with E-state index in [9.17, 15) is 0 Å². The van der Waals surface area contributed by atoms with Gasteiger partial charge in [0.25, 0.3) is 0 Å². The Morgan fingerprint density at radius 3 is 2.92 bits per heavy atom. The molecule has 0 amide bonds. The Hall–Kier alpha value is -1.99. The molecule has 1 atom stereocenters. The number of benzene rings is 1. The highest BCUT2D eigenvalue weighted by Gasteiger charge is 2.12. The number of hydrogen-bond acceptors (Lipinski definition) is 4. The number of nitrogens with zero attached hydrogens (tertiary/aromatic N) is 4. The zero-order valence-electron chi connectivity index (χ0n) is 12.7. The first kappa shape index (κ1) is 15.5. The van der Waals surface area contributed by atoms with Gasteiger partial charge >= 0.3 is 0 Å². The third-order valence-electron chi connectivity index (χ3n) is 3.74. The average molecular weight is 449 g/mol. The number of halogens is 1. The van der Waals surface area contributed by atoms with Gasteiger partial charge < -0.3 is 9.72 Å². The number of nitrogens with one attached hydrogen (secondary N) is 1. The predicted molar refractivity (Wildman–Crippen MR) is 105 cm³/mol. The lowest BCUT2D eigenvalue weighted by Crippen LogP contribution is -1.92. The largest absolute Gasteiger partial charge is 0.496 e. The molecule has 0 saturated carbocycles. The third-order valence-corrected chi connectivity index (χ3v) is 5.64. The fourth-order valence-corrected chi connectivity index (χ4v) is 3.64. The smallest absolute Gasteiger partial charge is 0.156 e. The van der Waals surface area contributed by atoms with Gasteiger partial charge in [0.2, 0.25) is 0 Å². The molecule has 4 rings (SSSR count). The molecule has 24 heavy (non-hydrogen) atoms. The van der Waals surface area contributed by atoms with Crippen LogP contribution in [0.5, 0.6) is 5.75 Å². The summed E-state index contributed by atoms with van der Waals surface area (Å²) in [6, 6.07) is 7.99. The zero-order valence-corrected chi connectivity index (χ0v) is 15.9. The number of hydrogen-bond donors (Lipinski definition) is 1. The minimum Gasteiger partial charge on any atom is -0.496 e. The van der Waals surface area contributed by atoms with Crippen molar-refractivity contribution in [2.45, 2.75) is 0 Å². The average Bonchev–Trinajstić information content (AvgIpc) is 3.29. The van der Waals surface area contributed by atoms with Gasteiger partial charge in [0, 0.05) is 23.5 Å². The van der Waals surface area contributed by atoms with Crippen LogP contribution < -0.4 is 4.74 Å². The van der Waals surface area contributed by atoms with E-state index in [1.165, 1.54) is 0 Å². The highest BCUT2D eigenvalue weighted by molar-refractivity contribution is 14.2. The molecule has 1 unspecified atom stereocenters. The van der Waals surface area contributed by atoms with E-state index < -0.39 is 0 Å². The van der Waals surface area contributed by atoms with Crippen LogP contribution in [0, 0.1) is 0 Å². The zero-order chi connectivity index (χ0) is 16.5. The van der Waals surface area contributed by atoms with E-state index >= 15 is 0 Å². The van der Waals surface area contributed by atoms with Crippen LogP contribution in [-0.2, 0) is 0 Å². The molecule has 4 aromatic rings. The third kappa shape index (κ3) is 2.78. The van der Waals surface area contributed by atoms with Crippen LogP contribution in [0.15, 0.2) is 49.1 Å². The summed E-state index contributed by atoms with van der Waals surface area (Å²) in [6.45, 7) is 0. The molecule has 0 saturated heterocycles. The lowest BCUT2D eigenvalue weighted by molar-refractivity contribution is 0.416. The van der Waals surface area contributed by atoms with Gasteiger partial charge in [-0.25, -0.2) is 14.4 Å². The summed E-state index contributed by atoms with van der Waals surface area (Å²) in [7, 11) is 1.67. The molecule has 6 nitrogen and oxygen atoms in total. The lowest BCUT2D eigenvalue weighted by Gasteiger charge is -2.09. The van der Waals surface area contributed by atoms with Crippen LogP contribution in [-0.4, -0.2) is 31.6 Å². The maximum absolute atomic E-state index is 5.59. The molecule has 0 bridgehead atoms. The second-order valence-electron chi connectivity index (χ2n) is 5.14. The number of aromatic amines is 1. The number of ether oxygens (including phenoxy) is 1. The van der Waals surface area contributed by atoms with Crippen molar-refractivity contribution in [3.05, 3.63) is 49.1 Å². The van der Waals surface area contributed by atoms with E-state index in [-0.39, 0.29) is 0 Å². The minimum absolute atomic E-state index is 0.585. The molecular formula is C16H13IN5OP. The summed E-state index contributed by atoms with van der Waals surface area (Å²) >= 11 is 2.31. The van der Waals surface area contributed by atoms with Crippen LogP contribution in [0.1, 0.15) is 0 Å². The number of fused-ring (bicyclic) bond motifs is 1. The molecule has 0 fully saturated rings. The Kier molecular flexibility index (Phi) is 4.20. The molecule has 0 spiro atoms. The number of H-pyrrole nitrogens is 1.